The maximum atomic E-state index is 14.0. The number of alkyl carbamates (subject to hydrolysis) is 2. The van der Waals surface area contributed by atoms with Crippen molar-refractivity contribution in [3.63, 3.8) is 0 Å². The molecule has 350 valence electrons. The average molecular weight is 895 g/mol. The molecule has 0 radical (unpaired) electrons. The Morgan fingerprint density at radius 1 is 0.844 bits per heavy atom. The SMILES string of the molecule is CC(C)(C)OC(=O)NC(=NCCC[C@H](NC(=O)OCC1c2ccccc2-c2ccccc21)C(=O)N1CCC[C@H]1C(=O)O)N(CCOCCOCCOCCN=[N+]=[N-])C(=O)OC(C)(C)C. The molecular weight excluding hydrogens is 833 g/mol. The van der Waals surface area contributed by atoms with Gasteiger partial charge in [-0.15, -0.1) is 0 Å². The van der Waals surface area contributed by atoms with Crippen LogP contribution < -0.4 is 10.6 Å². The Labute approximate surface area is 373 Å². The van der Waals surface area contributed by atoms with Gasteiger partial charge in [0.1, 0.15) is 29.9 Å². The fourth-order valence-corrected chi connectivity index (χ4v) is 7.04. The molecule has 1 aliphatic heterocycles. The minimum Gasteiger partial charge on any atom is -0.480 e. The minimum absolute atomic E-state index is 0.000316. The molecule has 2 aromatic carbocycles. The number of fused-ring (bicyclic) bond motifs is 3. The number of hydrogen-bond donors (Lipinski definition) is 3. The van der Waals surface area contributed by atoms with Gasteiger partial charge in [-0.05, 0) is 95.0 Å². The van der Waals surface area contributed by atoms with E-state index in [1.165, 1.54) is 4.90 Å². The molecule has 0 spiro atoms. The predicted octanol–water partition coefficient (Wildman–Crippen LogP) is 6.23. The zero-order valence-corrected chi connectivity index (χ0v) is 37.6. The number of guanidine groups is 1. The van der Waals surface area contributed by atoms with Gasteiger partial charge in [0.25, 0.3) is 0 Å². The Hall–Kier alpha value is -5.95. The number of aliphatic imine (C=N–C) groups is 1. The number of nitrogens with one attached hydrogen (secondary N) is 2. The maximum Gasteiger partial charge on any atom is 0.417 e. The number of nitrogens with zero attached hydrogens (tertiary/aromatic N) is 6. The fourth-order valence-electron chi connectivity index (χ4n) is 7.04. The Morgan fingerprint density at radius 2 is 1.44 bits per heavy atom. The van der Waals surface area contributed by atoms with Crippen molar-refractivity contribution >= 4 is 36.1 Å². The van der Waals surface area contributed by atoms with E-state index < -0.39 is 53.4 Å². The average Bonchev–Trinajstić information content (AvgIpc) is 3.85. The Balaban J connectivity index is 1.47. The first-order chi connectivity index (χ1) is 30.5. The van der Waals surface area contributed by atoms with Crippen molar-refractivity contribution in [1.82, 2.24) is 20.4 Å². The molecule has 64 heavy (non-hydrogen) atoms. The van der Waals surface area contributed by atoms with E-state index in [1.807, 2.05) is 48.5 Å². The molecule has 1 aliphatic carbocycles. The quantitative estimate of drug-likeness (QED) is 0.0240. The van der Waals surface area contributed by atoms with Crippen LogP contribution in [0, 0.1) is 0 Å². The van der Waals surface area contributed by atoms with Crippen molar-refractivity contribution in [1.29, 1.82) is 0 Å². The van der Waals surface area contributed by atoms with Gasteiger partial charge in [0.15, 0.2) is 0 Å². The van der Waals surface area contributed by atoms with Crippen LogP contribution in [0.5, 0.6) is 0 Å². The zero-order chi connectivity index (χ0) is 46.7. The van der Waals surface area contributed by atoms with Crippen LogP contribution in [0.25, 0.3) is 21.6 Å². The predicted molar refractivity (Wildman–Crippen MR) is 235 cm³/mol. The number of hydrogen-bond acceptors (Lipinski definition) is 13. The summed E-state index contributed by atoms with van der Waals surface area (Å²) >= 11 is 0. The first-order valence-corrected chi connectivity index (χ1v) is 21.4. The van der Waals surface area contributed by atoms with Crippen LogP contribution >= 0.6 is 0 Å². The van der Waals surface area contributed by atoms with E-state index >= 15 is 0 Å². The lowest BCUT2D eigenvalue weighted by molar-refractivity contribution is -0.149. The van der Waals surface area contributed by atoms with E-state index in [0.717, 1.165) is 27.2 Å². The second-order valence-electron chi connectivity index (χ2n) is 16.9. The number of aliphatic carboxylic acids is 1. The summed E-state index contributed by atoms with van der Waals surface area (Å²) in [5.41, 5.74) is 10.6. The van der Waals surface area contributed by atoms with Gasteiger partial charge in [0, 0.05) is 30.5 Å². The minimum atomic E-state index is -1.19. The second kappa shape index (κ2) is 24.8. The highest BCUT2D eigenvalue weighted by Gasteiger charge is 2.38. The summed E-state index contributed by atoms with van der Waals surface area (Å²) in [7, 11) is 0. The number of ether oxygens (including phenoxy) is 6. The Bertz CT molecular complexity index is 1930. The number of carbonyl (C=O) groups is 5. The number of carbonyl (C=O) groups excluding carboxylic acids is 4. The van der Waals surface area contributed by atoms with Crippen LogP contribution in [0.1, 0.15) is 84.3 Å². The summed E-state index contributed by atoms with van der Waals surface area (Å²) in [5.74, 6) is -2.16. The molecule has 1 heterocycles. The van der Waals surface area contributed by atoms with Gasteiger partial charge in [-0.3, -0.25) is 15.1 Å². The zero-order valence-electron chi connectivity index (χ0n) is 37.6. The molecule has 0 bridgehead atoms. The van der Waals surface area contributed by atoms with Gasteiger partial charge in [0.05, 0.1) is 46.2 Å². The molecule has 4 amide bonds. The van der Waals surface area contributed by atoms with Crippen molar-refractivity contribution in [3.8, 4) is 11.1 Å². The van der Waals surface area contributed by atoms with Crippen LogP contribution in [0.2, 0.25) is 0 Å². The summed E-state index contributed by atoms with van der Waals surface area (Å²) in [6.07, 6.45) is -1.68. The summed E-state index contributed by atoms with van der Waals surface area (Å²) < 4.78 is 33.4. The van der Waals surface area contributed by atoms with E-state index in [-0.39, 0.29) is 97.0 Å². The summed E-state index contributed by atoms with van der Waals surface area (Å²) in [6, 6.07) is 13.5. The topological polar surface area (TPSA) is 253 Å². The number of carboxylic acids is 1. The van der Waals surface area contributed by atoms with Gasteiger partial charge in [-0.1, -0.05) is 53.6 Å². The molecule has 1 saturated heterocycles. The van der Waals surface area contributed by atoms with E-state index in [0.29, 0.717) is 13.0 Å². The molecule has 0 unspecified atom stereocenters. The molecule has 20 heteroatoms. The van der Waals surface area contributed by atoms with Gasteiger partial charge in [-0.25, -0.2) is 24.1 Å². The van der Waals surface area contributed by atoms with E-state index in [4.69, 9.17) is 34.0 Å². The molecule has 4 rings (SSSR count). The number of rotatable bonds is 21. The Kier molecular flexibility index (Phi) is 19.6. The van der Waals surface area contributed by atoms with Crippen molar-refractivity contribution in [2.45, 2.75) is 96.4 Å². The Morgan fingerprint density at radius 3 is 2.03 bits per heavy atom. The highest BCUT2D eigenvalue weighted by Crippen LogP contribution is 2.44. The lowest BCUT2D eigenvalue weighted by Crippen LogP contribution is -2.52. The monoisotopic (exact) mass is 894 g/mol. The number of azide groups is 1. The lowest BCUT2D eigenvalue weighted by Gasteiger charge is -2.29. The third-order valence-electron chi connectivity index (χ3n) is 9.75. The number of amides is 4. The number of likely N-dealkylation sites (tertiary alicyclic amines) is 1. The standard InChI is InChI=1S/C44H62N8O12/c1-43(2,3)63-41(57)49-39(52(42(58)64-44(4,5)6)22-24-60-26-28-61-27-25-59-23-20-47-50-45)46-19-11-17-35(37(53)51-21-12-18-36(51)38(54)55)48-40(56)62-29-34-32-15-9-7-13-30(32)31-14-8-10-16-33(31)34/h7-10,13-16,34-36H,11-12,17-29H2,1-6H3,(H,48,56)(H,54,55)(H,46,49,57)/t35-,36-/m0/s1. The van der Waals surface area contributed by atoms with E-state index in [1.54, 1.807) is 41.5 Å². The largest absolute Gasteiger partial charge is 0.480 e. The first-order valence-electron chi connectivity index (χ1n) is 21.4. The molecular formula is C44H62N8O12. The van der Waals surface area contributed by atoms with Crippen LogP contribution in [-0.4, -0.2) is 147 Å². The highest BCUT2D eigenvalue weighted by atomic mass is 16.6. The molecule has 2 aliphatic rings. The third kappa shape index (κ3) is 16.3. The summed E-state index contributed by atoms with van der Waals surface area (Å²) in [4.78, 5) is 75.8. The molecule has 20 nitrogen and oxygen atoms in total. The van der Waals surface area contributed by atoms with Gasteiger partial charge in [0.2, 0.25) is 11.9 Å². The second-order valence-corrected chi connectivity index (χ2v) is 16.9. The van der Waals surface area contributed by atoms with Gasteiger partial charge in [-0.2, -0.15) is 0 Å². The van der Waals surface area contributed by atoms with E-state index in [2.05, 4.69) is 25.7 Å². The van der Waals surface area contributed by atoms with Crippen molar-refractivity contribution in [2.75, 3.05) is 72.4 Å². The van der Waals surface area contributed by atoms with Crippen molar-refractivity contribution in [2.24, 2.45) is 10.1 Å². The molecule has 3 N–H and O–H groups in total. The van der Waals surface area contributed by atoms with Crippen molar-refractivity contribution in [3.05, 3.63) is 70.1 Å². The molecule has 1 fully saturated rings. The van der Waals surface area contributed by atoms with Gasteiger partial charge < -0.3 is 43.7 Å². The number of benzene rings is 2. The van der Waals surface area contributed by atoms with Crippen LogP contribution in [0.15, 0.2) is 58.6 Å². The lowest BCUT2D eigenvalue weighted by atomic mass is 9.98. The van der Waals surface area contributed by atoms with Crippen LogP contribution in [0.3, 0.4) is 0 Å². The molecule has 0 aromatic heterocycles. The van der Waals surface area contributed by atoms with Crippen molar-refractivity contribution < 1.29 is 57.5 Å². The molecule has 2 aromatic rings. The third-order valence-corrected chi connectivity index (χ3v) is 9.75. The fraction of sp³-hybridized carbons (Fsp3) is 0.591. The summed E-state index contributed by atoms with van der Waals surface area (Å²) in [6.45, 7) is 11.6. The van der Waals surface area contributed by atoms with Crippen LogP contribution in [-0.2, 0) is 38.0 Å². The molecule has 2 atom stereocenters. The maximum absolute atomic E-state index is 14.0. The van der Waals surface area contributed by atoms with Gasteiger partial charge >= 0.3 is 24.2 Å². The normalized spacial score (nSPS) is 15.3. The first kappa shape index (κ1) is 50.7. The number of carboxylic acid groups (broad SMARTS) is 1. The smallest absolute Gasteiger partial charge is 0.417 e. The van der Waals surface area contributed by atoms with E-state index in [9.17, 15) is 29.1 Å². The highest BCUT2D eigenvalue weighted by molar-refractivity contribution is 6.01. The van der Waals surface area contributed by atoms with Crippen LogP contribution in [0.4, 0.5) is 14.4 Å². The summed E-state index contributed by atoms with van der Waals surface area (Å²) in [5, 5.41) is 18.5. The molecule has 0 saturated carbocycles.